The second kappa shape index (κ2) is 10.0. The van der Waals surface area contributed by atoms with Crippen LogP contribution in [0.4, 0.5) is 0 Å². The van der Waals surface area contributed by atoms with E-state index in [1.165, 1.54) is 18.4 Å². The zero-order chi connectivity index (χ0) is 32.3. The Morgan fingerprint density at radius 1 is 0.844 bits per heavy atom. The molecule has 0 aromatic heterocycles. The van der Waals surface area contributed by atoms with Crippen molar-refractivity contribution in [1.29, 1.82) is 0 Å². The minimum atomic E-state index is -1.12. The molecule has 250 valence electrons. The Hall–Kier alpha value is -1.43. The molecule has 6 fully saturated rings. The Morgan fingerprint density at radius 2 is 1.49 bits per heavy atom. The van der Waals surface area contributed by atoms with Crippen molar-refractivity contribution in [3.8, 4) is 0 Å². The van der Waals surface area contributed by atoms with Gasteiger partial charge in [0.05, 0.1) is 11.5 Å². The molecule has 45 heavy (non-hydrogen) atoms. The van der Waals surface area contributed by atoms with Crippen molar-refractivity contribution in [3.63, 3.8) is 0 Å². The average Bonchev–Trinajstić information content (AvgIpc) is 3.15. The van der Waals surface area contributed by atoms with Crippen molar-refractivity contribution in [1.82, 2.24) is 0 Å². The summed E-state index contributed by atoms with van der Waals surface area (Å²) in [6.45, 7) is 14.5. The first-order valence-corrected chi connectivity index (χ1v) is 18.4. The van der Waals surface area contributed by atoms with Crippen LogP contribution in [0, 0.1) is 55.7 Å². The van der Waals surface area contributed by atoms with Gasteiger partial charge in [-0.2, -0.15) is 0 Å². The summed E-state index contributed by atoms with van der Waals surface area (Å²) in [4.78, 5) is 12.6. The van der Waals surface area contributed by atoms with E-state index in [1.54, 1.807) is 0 Å². The van der Waals surface area contributed by atoms with Crippen molar-refractivity contribution in [3.05, 3.63) is 35.9 Å². The molecule has 6 aliphatic rings. The summed E-state index contributed by atoms with van der Waals surface area (Å²) >= 11 is 0. The van der Waals surface area contributed by atoms with Crippen LogP contribution in [0.5, 0.6) is 0 Å². The third kappa shape index (κ3) is 3.81. The van der Waals surface area contributed by atoms with Crippen molar-refractivity contribution >= 4 is 5.97 Å². The highest BCUT2D eigenvalue weighted by atomic mass is 16.6. The van der Waals surface area contributed by atoms with Gasteiger partial charge in [-0.25, -0.2) is 0 Å². The van der Waals surface area contributed by atoms with Gasteiger partial charge in [0.25, 0.3) is 0 Å². The summed E-state index contributed by atoms with van der Waals surface area (Å²) in [6.07, 6.45) is 13.1. The van der Waals surface area contributed by atoms with E-state index in [9.17, 15) is 20.1 Å². The van der Waals surface area contributed by atoms with Crippen molar-refractivity contribution < 1.29 is 24.9 Å². The Kier molecular flexibility index (Phi) is 7.17. The van der Waals surface area contributed by atoms with E-state index in [0.29, 0.717) is 18.3 Å². The fraction of sp³-hybridized carbons (Fsp3) is 0.825. The molecule has 2 bridgehead atoms. The molecule has 1 aliphatic heterocycles. The van der Waals surface area contributed by atoms with Crippen LogP contribution < -0.4 is 0 Å². The predicted molar refractivity (Wildman–Crippen MR) is 176 cm³/mol. The molecule has 1 aromatic carbocycles. The highest BCUT2D eigenvalue weighted by Crippen LogP contribution is 2.83. The molecule has 12 atom stereocenters. The minimum Gasteiger partial charge on any atom is -0.481 e. The van der Waals surface area contributed by atoms with E-state index < -0.39 is 17.2 Å². The Bertz CT molecular complexity index is 1330. The van der Waals surface area contributed by atoms with E-state index in [2.05, 4.69) is 65.0 Å². The lowest BCUT2D eigenvalue weighted by Gasteiger charge is -2.77. The molecular formula is C40H60O5. The van der Waals surface area contributed by atoms with Gasteiger partial charge in [0.1, 0.15) is 0 Å². The van der Waals surface area contributed by atoms with Crippen molar-refractivity contribution in [2.24, 2.45) is 55.7 Å². The molecule has 5 saturated carbocycles. The summed E-state index contributed by atoms with van der Waals surface area (Å²) in [6, 6.07) is 10.6. The molecule has 3 N–H and O–H groups in total. The summed E-state index contributed by atoms with van der Waals surface area (Å²) < 4.78 is 6.92. The lowest BCUT2D eigenvalue weighted by atomic mass is 9.26. The number of aliphatic hydroxyl groups is 2. The van der Waals surface area contributed by atoms with Gasteiger partial charge >= 0.3 is 5.97 Å². The van der Waals surface area contributed by atoms with E-state index in [0.717, 1.165) is 70.6 Å². The van der Waals surface area contributed by atoms with Crippen LogP contribution in [0.2, 0.25) is 0 Å². The second-order valence-electron chi connectivity index (χ2n) is 18.4. The summed E-state index contributed by atoms with van der Waals surface area (Å²) in [5.74, 6) is -0.903. The number of ether oxygens (including phenoxy) is 1. The lowest BCUT2D eigenvalue weighted by molar-refractivity contribution is -0.309. The smallest absolute Gasteiger partial charge is 0.309 e. The normalized spacial score (nSPS) is 53.5. The molecule has 1 saturated heterocycles. The van der Waals surface area contributed by atoms with Gasteiger partial charge in [0, 0.05) is 29.8 Å². The molecule has 0 unspecified atom stereocenters. The average molecular weight is 621 g/mol. The molecular weight excluding hydrogens is 560 g/mol. The number of carboxylic acids is 1. The minimum absolute atomic E-state index is 0.0211. The number of carboxylic acid groups (broad SMARTS) is 1. The van der Waals surface area contributed by atoms with Gasteiger partial charge < -0.3 is 20.1 Å². The topological polar surface area (TPSA) is 87.0 Å². The fourth-order valence-corrected chi connectivity index (χ4v) is 14.5. The van der Waals surface area contributed by atoms with Crippen molar-refractivity contribution in [2.75, 3.05) is 6.61 Å². The first kappa shape index (κ1) is 32.1. The fourth-order valence-electron chi connectivity index (χ4n) is 14.5. The number of aliphatic hydroxyl groups excluding tert-OH is 1. The van der Waals surface area contributed by atoms with Gasteiger partial charge in [-0.3, -0.25) is 4.79 Å². The summed E-state index contributed by atoms with van der Waals surface area (Å²) in [5, 5.41) is 34.6. The molecule has 1 aromatic rings. The molecule has 0 radical (unpaired) electrons. The van der Waals surface area contributed by atoms with E-state index in [-0.39, 0.29) is 51.1 Å². The molecule has 5 heteroatoms. The number of benzene rings is 1. The first-order chi connectivity index (χ1) is 21.1. The van der Waals surface area contributed by atoms with Crippen LogP contribution in [-0.4, -0.2) is 39.8 Å². The largest absolute Gasteiger partial charge is 0.481 e. The van der Waals surface area contributed by atoms with Gasteiger partial charge in [-0.15, -0.1) is 0 Å². The standard InChI is InChI=1S/C40H60O5/c1-7-11-29-39-15-14-28-35(4)19-18-33(2)16-17-34(3,32(42)43)25-30(33)36(35,5)20-21-37(28,6)38(39,26-41)22-23-40(29,44)45-31(39)24-27-12-9-8-10-13-27/h8-10,12-13,28-31,41,44H,7,11,14-26H2,1-6H3,(H,42,43)/t28-,29-,30+,31-,33-,34+,35-,36-,37+,38+,39+,40-/m0/s1. The van der Waals surface area contributed by atoms with Crippen LogP contribution in [-0.2, 0) is 16.0 Å². The molecule has 5 aliphatic carbocycles. The second-order valence-corrected chi connectivity index (χ2v) is 18.4. The number of hydrogen-bond acceptors (Lipinski definition) is 4. The van der Waals surface area contributed by atoms with E-state index >= 15 is 0 Å². The Balaban J connectivity index is 1.34. The molecule has 5 nitrogen and oxygen atoms in total. The van der Waals surface area contributed by atoms with E-state index in [1.807, 2.05) is 6.92 Å². The van der Waals surface area contributed by atoms with Crippen LogP contribution in [0.3, 0.4) is 0 Å². The number of rotatable bonds is 6. The van der Waals surface area contributed by atoms with Gasteiger partial charge in [-0.1, -0.05) is 71.4 Å². The Labute approximate surface area is 271 Å². The maximum absolute atomic E-state index is 12.6. The first-order valence-electron chi connectivity index (χ1n) is 18.4. The quantitative estimate of drug-likeness (QED) is 0.297. The molecule has 7 rings (SSSR count). The molecule has 1 heterocycles. The summed E-state index contributed by atoms with van der Waals surface area (Å²) in [5.41, 5.74) is 0.184. The predicted octanol–water partition coefficient (Wildman–Crippen LogP) is 8.41. The third-order valence-electron chi connectivity index (χ3n) is 17.2. The van der Waals surface area contributed by atoms with Gasteiger partial charge in [0.2, 0.25) is 0 Å². The number of fused-ring (bicyclic) bond motifs is 7. The maximum atomic E-state index is 12.6. The monoisotopic (exact) mass is 620 g/mol. The Morgan fingerprint density at radius 3 is 2.16 bits per heavy atom. The molecule has 1 spiro atoms. The van der Waals surface area contributed by atoms with Gasteiger partial charge in [0.15, 0.2) is 5.79 Å². The summed E-state index contributed by atoms with van der Waals surface area (Å²) in [7, 11) is 0. The van der Waals surface area contributed by atoms with Crippen LogP contribution in [0.15, 0.2) is 30.3 Å². The molecule has 0 amide bonds. The third-order valence-corrected chi connectivity index (χ3v) is 17.2. The van der Waals surface area contributed by atoms with Crippen LogP contribution >= 0.6 is 0 Å². The van der Waals surface area contributed by atoms with E-state index in [4.69, 9.17) is 4.74 Å². The number of carbonyl (C=O) groups is 1. The lowest BCUT2D eigenvalue weighted by Crippen LogP contribution is -2.74. The SMILES string of the molecule is CCC[C@H]1[C@@]23CC[C@H]4[C@]5(C)CC[C@]6(C)CC[C@@](C)(C(=O)O)C[C@H]6[C@]5(C)CC[C@@]4(C)[C@]2(CO)CC[C@]1(O)O[C@H]3Cc1ccccc1. The number of hydrogen-bond donors (Lipinski definition) is 3. The zero-order valence-electron chi connectivity index (χ0n) is 29.0. The van der Waals surface area contributed by atoms with Gasteiger partial charge in [-0.05, 0) is 123 Å². The zero-order valence-corrected chi connectivity index (χ0v) is 29.0. The van der Waals surface area contributed by atoms with Crippen molar-refractivity contribution in [2.45, 2.75) is 143 Å². The number of aliphatic carboxylic acids is 1. The maximum Gasteiger partial charge on any atom is 0.309 e. The highest BCUT2D eigenvalue weighted by molar-refractivity contribution is 5.74. The van der Waals surface area contributed by atoms with Crippen LogP contribution in [0.1, 0.15) is 131 Å². The highest BCUT2D eigenvalue weighted by Gasteiger charge is 2.81. The van der Waals surface area contributed by atoms with Crippen LogP contribution in [0.25, 0.3) is 0 Å².